The predicted molar refractivity (Wildman–Crippen MR) is 92.2 cm³/mol. The lowest BCUT2D eigenvalue weighted by Crippen LogP contribution is -2.37. The van der Waals surface area contributed by atoms with Gasteiger partial charge in [0.25, 0.3) is 0 Å². The van der Waals surface area contributed by atoms with E-state index in [4.69, 9.17) is 4.74 Å². The number of tetrazole rings is 1. The summed E-state index contributed by atoms with van der Waals surface area (Å²) in [5.41, 5.74) is 2.72. The molecule has 2 unspecified atom stereocenters. The summed E-state index contributed by atoms with van der Waals surface area (Å²) in [7, 11) is 1.77. The van der Waals surface area contributed by atoms with E-state index in [1.165, 1.54) is 11.1 Å². The molecule has 2 aromatic rings. The Bertz CT molecular complexity index is 692. The highest BCUT2D eigenvalue weighted by molar-refractivity contribution is 5.37. The highest BCUT2D eigenvalue weighted by Gasteiger charge is 2.38. The van der Waals surface area contributed by atoms with Crippen LogP contribution in [0.4, 0.5) is 5.95 Å². The Morgan fingerprint density at radius 3 is 2.58 bits per heavy atom. The first-order valence-corrected chi connectivity index (χ1v) is 8.79. The molecule has 0 radical (unpaired) electrons. The molecule has 1 aromatic carbocycles. The zero-order valence-corrected chi connectivity index (χ0v) is 14.6. The Hall–Kier alpha value is -1.95. The molecule has 6 nitrogen and oxygen atoms in total. The van der Waals surface area contributed by atoms with Crippen LogP contribution in [0.1, 0.15) is 49.3 Å². The monoisotopic (exact) mass is 327 g/mol. The topological polar surface area (TPSA) is 56.1 Å². The van der Waals surface area contributed by atoms with E-state index < -0.39 is 0 Å². The zero-order valence-electron chi connectivity index (χ0n) is 14.6. The van der Waals surface area contributed by atoms with E-state index in [9.17, 15) is 0 Å². The molecule has 2 heterocycles. The molecule has 1 aliphatic heterocycles. The van der Waals surface area contributed by atoms with Crippen LogP contribution in [0.2, 0.25) is 0 Å². The van der Waals surface area contributed by atoms with Crippen molar-refractivity contribution in [1.29, 1.82) is 0 Å². The molecule has 0 bridgehead atoms. The Balaban J connectivity index is 1.51. The fraction of sp³-hybridized carbons (Fsp3) is 0.611. The maximum absolute atomic E-state index is 5.39. The van der Waals surface area contributed by atoms with Gasteiger partial charge < -0.3 is 9.64 Å². The first-order chi connectivity index (χ1) is 11.7. The molecule has 1 saturated carbocycles. The minimum Gasteiger partial charge on any atom is -0.381 e. The van der Waals surface area contributed by atoms with Gasteiger partial charge in [-0.1, -0.05) is 34.9 Å². The summed E-state index contributed by atoms with van der Waals surface area (Å²) in [6.07, 6.45) is 3.49. The van der Waals surface area contributed by atoms with Crippen LogP contribution in [0.25, 0.3) is 0 Å². The second-order valence-electron chi connectivity index (χ2n) is 7.25. The average molecular weight is 327 g/mol. The molecule has 24 heavy (non-hydrogen) atoms. The molecule has 1 aliphatic carbocycles. The van der Waals surface area contributed by atoms with Crippen LogP contribution in [0.15, 0.2) is 24.3 Å². The Morgan fingerprint density at radius 1 is 1.12 bits per heavy atom. The molecule has 0 spiro atoms. The number of ether oxygens (including phenoxy) is 1. The molecule has 2 fully saturated rings. The van der Waals surface area contributed by atoms with E-state index >= 15 is 0 Å². The third-order valence-corrected chi connectivity index (χ3v) is 5.60. The second kappa shape index (κ2) is 6.16. The number of methoxy groups -OCH3 is 1. The number of hydrogen-bond donors (Lipinski definition) is 0. The van der Waals surface area contributed by atoms with Gasteiger partial charge in [0.15, 0.2) is 0 Å². The lowest BCUT2D eigenvalue weighted by Gasteiger charge is -2.35. The molecule has 1 saturated heterocycles. The van der Waals surface area contributed by atoms with Crippen LogP contribution in [0, 0.1) is 6.92 Å². The average Bonchev–Trinajstić information content (AvgIpc) is 3.14. The van der Waals surface area contributed by atoms with E-state index in [1.807, 2.05) is 4.68 Å². The fourth-order valence-corrected chi connectivity index (χ4v) is 3.93. The van der Waals surface area contributed by atoms with Crippen molar-refractivity contribution in [2.45, 2.75) is 57.2 Å². The Labute approximate surface area is 142 Å². The van der Waals surface area contributed by atoms with Gasteiger partial charge in [-0.2, -0.15) is 0 Å². The predicted octanol–water partition coefficient (Wildman–Crippen LogP) is 2.71. The van der Waals surface area contributed by atoms with Gasteiger partial charge in [0.05, 0.1) is 12.1 Å². The van der Waals surface area contributed by atoms with Crippen molar-refractivity contribution < 1.29 is 4.74 Å². The smallest absolute Gasteiger partial charge is 0.246 e. The van der Waals surface area contributed by atoms with Crippen molar-refractivity contribution in [3.8, 4) is 0 Å². The number of hydrogen-bond acceptors (Lipinski definition) is 5. The summed E-state index contributed by atoms with van der Waals surface area (Å²) >= 11 is 0. The Kier molecular flexibility index (Phi) is 4.00. The summed E-state index contributed by atoms with van der Waals surface area (Å²) in [5.74, 6) is 1.45. The van der Waals surface area contributed by atoms with Gasteiger partial charge >= 0.3 is 0 Å². The third kappa shape index (κ3) is 2.69. The fourth-order valence-electron chi connectivity index (χ4n) is 3.93. The van der Waals surface area contributed by atoms with Gasteiger partial charge in [-0.3, -0.25) is 0 Å². The van der Waals surface area contributed by atoms with Gasteiger partial charge in [-0.15, -0.1) is 0 Å². The van der Waals surface area contributed by atoms with Crippen molar-refractivity contribution in [2.75, 3.05) is 18.6 Å². The second-order valence-corrected chi connectivity index (χ2v) is 7.25. The maximum Gasteiger partial charge on any atom is 0.246 e. The number of nitrogens with zero attached hydrogens (tertiary/aromatic N) is 5. The zero-order chi connectivity index (χ0) is 16.7. The van der Waals surface area contributed by atoms with Gasteiger partial charge in [-0.05, 0) is 49.1 Å². The highest BCUT2D eigenvalue weighted by atomic mass is 16.5. The summed E-state index contributed by atoms with van der Waals surface area (Å²) in [6, 6.07) is 9.73. The van der Waals surface area contributed by atoms with Crippen LogP contribution < -0.4 is 4.90 Å². The molecule has 128 valence electrons. The summed E-state index contributed by atoms with van der Waals surface area (Å²) in [4.78, 5) is 2.37. The molecule has 1 aromatic heterocycles. The minimum atomic E-state index is 0.350. The van der Waals surface area contributed by atoms with Crippen LogP contribution in [-0.2, 0) is 4.74 Å². The van der Waals surface area contributed by atoms with E-state index in [1.54, 1.807) is 7.11 Å². The molecule has 6 heteroatoms. The number of aromatic nitrogens is 4. The van der Waals surface area contributed by atoms with Crippen molar-refractivity contribution in [2.24, 2.45) is 0 Å². The molecule has 0 N–H and O–H groups in total. The van der Waals surface area contributed by atoms with Crippen LogP contribution >= 0.6 is 0 Å². The van der Waals surface area contributed by atoms with Gasteiger partial charge in [0.2, 0.25) is 5.95 Å². The van der Waals surface area contributed by atoms with Gasteiger partial charge in [0, 0.05) is 25.6 Å². The van der Waals surface area contributed by atoms with E-state index in [-0.39, 0.29) is 0 Å². The lowest BCUT2D eigenvalue weighted by atomic mass is 9.89. The first-order valence-electron chi connectivity index (χ1n) is 8.79. The lowest BCUT2D eigenvalue weighted by molar-refractivity contribution is 0.00235. The maximum atomic E-state index is 5.39. The quantitative estimate of drug-likeness (QED) is 0.864. The SMILES string of the molecule is COC1CC(n2nnnc2N2CC(c3ccc(C)cc3)CC2C)C1. The molecule has 4 rings (SSSR count). The van der Waals surface area contributed by atoms with E-state index in [0.29, 0.717) is 24.1 Å². The van der Waals surface area contributed by atoms with Crippen LogP contribution in [0.5, 0.6) is 0 Å². The molecular formula is C18H25N5O. The standard InChI is InChI=1S/C18H25N5O/c1-12-4-6-14(7-5-12)15-8-13(2)22(11-15)18-19-20-21-23(18)16-9-17(10-16)24-3/h4-7,13,15-17H,8-11H2,1-3H3. The van der Waals surface area contributed by atoms with Crippen molar-refractivity contribution >= 4 is 5.95 Å². The normalized spacial score (nSPS) is 29.7. The summed E-state index contributed by atoms with van der Waals surface area (Å²) < 4.78 is 7.39. The summed E-state index contributed by atoms with van der Waals surface area (Å²) in [6.45, 7) is 5.38. The number of aryl methyl sites for hydroxylation is 1. The largest absolute Gasteiger partial charge is 0.381 e. The highest BCUT2D eigenvalue weighted by Crippen LogP contribution is 2.39. The van der Waals surface area contributed by atoms with E-state index in [2.05, 4.69) is 58.5 Å². The van der Waals surface area contributed by atoms with Crippen molar-refractivity contribution in [1.82, 2.24) is 20.2 Å². The number of anilines is 1. The molecule has 2 aliphatic rings. The van der Waals surface area contributed by atoms with Crippen LogP contribution in [0.3, 0.4) is 0 Å². The molecular weight excluding hydrogens is 302 g/mol. The number of benzene rings is 1. The van der Waals surface area contributed by atoms with Crippen molar-refractivity contribution in [3.63, 3.8) is 0 Å². The van der Waals surface area contributed by atoms with Gasteiger partial charge in [0.1, 0.15) is 0 Å². The minimum absolute atomic E-state index is 0.350. The number of rotatable bonds is 4. The Morgan fingerprint density at radius 2 is 1.88 bits per heavy atom. The molecule has 2 atom stereocenters. The van der Waals surface area contributed by atoms with E-state index in [0.717, 1.165) is 31.8 Å². The van der Waals surface area contributed by atoms with Crippen LogP contribution in [-0.4, -0.2) is 46.0 Å². The van der Waals surface area contributed by atoms with Crippen molar-refractivity contribution in [3.05, 3.63) is 35.4 Å². The third-order valence-electron chi connectivity index (χ3n) is 5.60. The van der Waals surface area contributed by atoms with Gasteiger partial charge in [-0.25, -0.2) is 4.68 Å². The molecule has 0 amide bonds. The first kappa shape index (κ1) is 15.6. The summed E-state index contributed by atoms with van der Waals surface area (Å²) in [5, 5.41) is 12.5.